The number of hydrogen-bond donors (Lipinski definition) is 3. The van der Waals surface area contributed by atoms with Gasteiger partial charge in [0.1, 0.15) is 0 Å². The van der Waals surface area contributed by atoms with E-state index in [9.17, 15) is 4.79 Å². The Hall–Kier alpha value is -1.83. The molecular formula is C14H14N4OS2. The highest BCUT2D eigenvalue weighted by Gasteiger charge is 2.12. The van der Waals surface area contributed by atoms with Gasteiger partial charge in [-0.05, 0) is 30.7 Å². The van der Waals surface area contributed by atoms with Crippen LogP contribution in [0.3, 0.4) is 0 Å². The van der Waals surface area contributed by atoms with Gasteiger partial charge < -0.3 is 4.98 Å². The van der Waals surface area contributed by atoms with Gasteiger partial charge in [0.15, 0.2) is 5.16 Å². The molecule has 3 aromatic rings. The summed E-state index contributed by atoms with van der Waals surface area (Å²) in [6.45, 7) is 2.01. The molecule has 0 aliphatic heterocycles. The summed E-state index contributed by atoms with van der Waals surface area (Å²) >= 11 is 3.07. The van der Waals surface area contributed by atoms with E-state index in [1.54, 1.807) is 11.8 Å². The molecule has 5 nitrogen and oxygen atoms in total. The van der Waals surface area contributed by atoms with Gasteiger partial charge in [0.25, 0.3) is 5.91 Å². The van der Waals surface area contributed by atoms with Gasteiger partial charge >= 0.3 is 0 Å². The third-order valence-corrected chi connectivity index (χ3v) is 5.12. The Kier molecular flexibility index (Phi) is 3.96. The van der Waals surface area contributed by atoms with Crippen molar-refractivity contribution in [2.24, 2.45) is 5.84 Å². The Balaban J connectivity index is 1.75. The number of aromatic amines is 1. The Bertz CT molecular complexity index is 760. The van der Waals surface area contributed by atoms with Crippen molar-refractivity contribution in [3.63, 3.8) is 0 Å². The number of hydrazine groups is 1. The number of H-pyrrole nitrogens is 1. The number of benzene rings is 1. The first-order valence-corrected chi connectivity index (χ1v) is 8.15. The summed E-state index contributed by atoms with van der Waals surface area (Å²) in [4.78, 5) is 21.1. The number of aryl methyl sites for hydroxylation is 1. The number of nitrogens with two attached hydrogens (primary N) is 1. The zero-order valence-corrected chi connectivity index (χ0v) is 13.0. The highest BCUT2D eigenvalue weighted by Crippen LogP contribution is 2.28. The van der Waals surface area contributed by atoms with Crippen molar-refractivity contribution in [2.45, 2.75) is 17.8 Å². The summed E-state index contributed by atoms with van der Waals surface area (Å²) in [6.07, 6.45) is 0. The van der Waals surface area contributed by atoms with E-state index in [-0.39, 0.29) is 5.91 Å². The number of para-hydroxylation sites is 2. The fourth-order valence-electron chi connectivity index (χ4n) is 1.99. The number of imidazole rings is 1. The highest BCUT2D eigenvalue weighted by atomic mass is 32.2. The van der Waals surface area contributed by atoms with Crippen molar-refractivity contribution in [1.82, 2.24) is 15.4 Å². The van der Waals surface area contributed by atoms with E-state index < -0.39 is 0 Å². The summed E-state index contributed by atoms with van der Waals surface area (Å²) in [5.41, 5.74) is 5.28. The fourth-order valence-corrected chi connectivity index (χ4v) is 3.96. The van der Waals surface area contributed by atoms with Gasteiger partial charge in [-0.25, -0.2) is 10.8 Å². The van der Waals surface area contributed by atoms with Crippen LogP contribution in [0.1, 0.15) is 20.1 Å². The van der Waals surface area contributed by atoms with Gasteiger partial charge in [-0.1, -0.05) is 23.9 Å². The normalized spacial score (nSPS) is 11.0. The molecule has 108 valence electrons. The summed E-state index contributed by atoms with van der Waals surface area (Å²) in [7, 11) is 0. The first-order chi connectivity index (χ1) is 10.2. The maximum atomic E-state index is 11.5. The zero-order chi connectivity index (χ0) is 14.8. The third-order valence-electron chi connectivity index (χ3n) is 3.11. The number of aromatic nitrogens is 2. The van der Waals surface area contributed by atoms with E-state index in [1.165, 1.54) is 11.3 Å². The molecule has 0 spiro atoms. The number of amides is 1. The Morgan fingerprint density at radius 1 is 1.48 bits per heavy atom. The Morgan fingerprint density at radius 3 is 3.05 bits per heavy atom. The van der Waals surface area contributed by atoms with Crippen LogP contribution in [0.25, 0.3) is 11.0 Å². The van der Waals surface area contributed by atoms with E-state index in [1.807, 2.05) is 37.3 Å². The summed E-state index contributed by atoms with van der Waals surface area (Å²) in [6, 6.07) is 9.83. The van der Waals surface area contributed by atoms with Crippen molar-refractivity contribution >= 4 is 40.0 Å². The molecule has 3 rings (SSSR count). The fraction of sp³-hybridized carbons (Fsp3) is 0.143. The molecule has 0 saturated carbocycles. The van der Waals surface area contributed by atoms with Crippen LogP contribution in [0.4, 0.5) is 0 Å². The molecule has 2 aromatic heterocycles. The lowest BCUT2D eigenvalue weighted by Gasteiger charge is -1.97. The quantitative estimate of drug-likeness (QED) is 0.299. The topological polar surface area (TPSA) is 83.8 Å². The molecule has 1 aromatic carbocycles. The maximum Gasteiger partial charge on any atom is 0.275 e. The Labute approximate surface area is 129 Å². The number of nitrogens with zero attached hydrogens (tertiary/aromatic N) is 1. The average Bonchev–Trinajstić information content (AvgIpc) is 3.07. The number of nitrogens with one attached hydrogen (secondary N) is 2. The lowest BCUT2D eigenvalue weighted by Crippen LogP contribution is -2.29. The van der Waals surface area contributed by atoms with Crippen molar-refractivity contribution in [3.8, 4) is 0 Å². The van der Waals surface area contributed by atoms with Gasteiger partial charge in [0.2, 0.25) is 0 Å². The molecule has 7 heteroatoms. The second-order valence-corrected chi connectivity index (χ2v) is 6.73. The van der Waals surface area contributed by atoms with Crippen LogP contribution >= 0.6 is 23.1 Å². The SMILES string of the molecule is Cc1sc(C(=O)NN)cc1CSc1nc2ccccc2[nH]1. The van der Waals surface area contributed by atoms with Crippen molar-refractivity contribution in [3.05, 3.63) is 45.6 Å². The van der Waals surface area contributed by atoms with Crippen LogP contribution in [-0.2, 0) is 5.75 Å². The zero-order valence-electron chi connectivity index (χ0n) is 11.3. The van der Waals surface area contributed by atoms with Gasteiger partial charge in [0.05, 0.1) is 15.9 Å². The molecule has 2 heterocycles. The second kappa shape index (κ2) is 5.88. The molecule has 1 amide bonds. The monoisotopic (exact) mass is 318 g/mol. The van der Waals surface area contributed by atoms with Crippen LogP contribution in [0.15, 0.2) is 35.5 Å². The molecule has 4 N–H and O–H groups in total. The molecular weight excluding hydrogens is 304 g/mol. The molecule has 0 bridgehead atoms. The number of thiophene rings is 1. The predicted molar refractivity (Wildman–Crippen MR) is 86.4 cm³/mol. The highest BCUT2D eigenvalue weighted by molar-refractivity contribution is 7.98. The van der Waals surface area contributed by atoms with E-state index >= 15 is 0 Å². The lowest BCUT2D eigenvalue weighted by molar-refractivity contribution is 0.0957. The predicted octanol–water partition coefficient (Wildman–Crippen LogP) is 2.83. The second-order valence-electron chi connectivity index (χ2n) is 4.51. The van der Waals surface area contributed by atoms with Crippen LogP contribution in [0.2, 0.25) is 0 Å². The largest absolute Gasteiger partial charge is 0.333 e. The summed E-state index contributed by atoms with van der Waals surface area (Å²) in [5.74, 6) is 5.68. The van der Waals surface area contributed by atoms with Crippen molar-refractivity contribution in [2.75, 3.05) is 0 Å². The summed E-state index contributed by atoms with van der Waals surface area (Å²) in [5, 5.41) is 0.881. The van der Waals surface area contributed by atoms with Gasteiger partial charge in [-0.3, -0.25) is 10.2 Å². The lowest BCUT2D eigenvalue weighted by atomic mass is 10.3. The number of hydrogen-bond acceptors (Lipinski definition) is 5. The smallest absolute Gasteiger partial charge is 0.275 e. The maximum absolute atomic E-state index is 11.5. The van der Waals surface area contributed by atoms with Crippen LogP contribution in [0, 0.1) is 6.92 Å². The minimum Gasteiger partial charge on any atom is -0.333 e. The molecule has 0 fully saturated rings. The number of rotatable bonds is 4. The average molecular weight is 318 g/mol. The molecule has 21 heavy (non-hydrogen) atoms. The molecule has 0 aliphatic rings. The van der Waals surface area contributed by atoms with E-state index in [0.29, 0.717) is 4.88 Å². The number of carbonyl (C=O) groups excluding carboxylic acids is 1. The van der Waals surface area contributed by atoms with Crippen molar-refractivity contribution in [1.29, 1.82) is 0 Å². The molecule has 0 unspecified atom stereocenters. The van der Waals surface area contributed by atoms with Crippen molar-refractivity contribution < 1.29 is 4.79 Å². The van der Waals surface area contributed by atoms with E-state index in [4.69, 9.17) is 5.84 Å². The van der Waals surface area contributed by atoms with Gasteiger partial charge in [0, 0.05) is 10.6 Å². The minimum atomic E-state index is -0.247. The molecule has 0 aliphatic carbocycles. The standard InChI is InChI=1S/C14H14N4OS2/c1-8-9(6-12(21-8)13(19)18-15)7-20-14-16-10-4-2-3-5-11(10)17-14/h2-6H,7,15H2,1H3,(H,16,17)(H,18,19). The van der Waals surface area contributed by atoms with Crippen LogP contribution in [0.5, 0.6) is 0 Å². The minimum absolute atomic E-state index is 0.247. The number of thioether (sulfide) groups is 1. The van der Waals surface area contributed by atoms with Crippen LogP contribution < -0.4 is 11.3 Å². The van der Waals surface area contributed by atoms with E-state index in [0.717, 1.165) is 32.4 Å². The van der Waals surface area contributed by atoms with Gasteiger partial charge in [-0.2, -0.15) is 0 Å². The first kappa shape index (κ1) is 14.1. The molecule has 0 saturated heterocycles. The first-order valence-electron chi connectivity index (χ1n) is 6.35. The van der Waals surface area contributed by atoms with E-state index in [2.05, 4.69) is 15.4 Å². The number of nitrogen functional groups attached to an aromatic ring is 1. The van der Waals surface area contributed by atoms with Gasteiger partial charge in [-0.15, -0.1) is 11.3 Å². The number of carbonyl (C=O) groups is 1. The third kappa shape index (κ3) is 2.94. The molecule has 0 atom stereocenters. The summed E-state index contributed by atoms with van der Waals surface area (Å²) < 4.78 is 0. The number of fused-ring (bicyclic) bond motifs is 1. The molecule has 0 radical (unpaired) electrons. The van der Waals surface area contributed by atoms with Crippen LogP contribution in [-0.4, -0.2) is 15.9 Å². The Morgan fingerprint density at radius 2 is 2.29 bits per heavy atom.